The van der Waals surface area contributed by atoms with Gasteiger partial charge >= 0.3 is 5.97 Å². The first-order valence-electron chi connectivity index (χ1n) is 5.10. The molecule has 2 nitrogen and oxygen atoms in total. The highest BCUT2D eigenvalue weighted by molar-refractivity contribution is 5.66. The molecule has 0 N–H and O–H groups in total. The van der Waals surface area contributed by atoms with Crippen molar-refractivity contribution in [2.75, 3.05) is 6.61 Å². The zero-order valence-electron chi connectivity index (χ0n) is 9.19. The molecule has 0 aliphatic heterocycles. The predicted octanol–water partition coefficient (Wildman–Crippen LogP) is 3.04. The van der Waals surface area contributed by atoms with Gasteiger partial charge in [0.15, 0.2) is 0 Å². The minimum atomic E-state index is -0.234. The number of rotatable bonds is 4. The first-order chi connectivity index (χ1) is 7.22. The van der Waals surface area contributed by atoms with E-state index in [1.165, 1.54) is 6.92 Å². The second-order valence-corrected chi connectivity index (χ2v) is 3.35. The molecule has 0 bridgehead atoms. The quantitative estimate of drug-likeness (QED) is 0.704. The van der Waals surface area contributed by atoms with Crippen LogP contribution < -0.4 is 0 Å². The van der Waals surface area contributed by atoms with Crippen molar-refractivity contribution in [2.45, 2.75) is 20.3 Å². The summed E-state index contributed by atoms with van der Waals surface area (Å²) >= 11 is 0. The van der Waals surface area contributed by atoms with Gasteiger partial charge in [0, 0.05) is 6.92 Å². The van der Waals surface area contributed by atoms with Crippen LogP contribution in [0.2, 0.25) is 0 Å². The molecule has 0 unspecified atom stereocenters. The Morgan fingerprint density at radius 2 is 2.00 bits per heavy atom. The van der Waals surface area contributed by atoms with Crippen LogP contribution in [0.15, 0.2) is 35.9 Å². The number of ether oxygens (including phenoxy) is 1. The SMILES string of the molecule is CCC(=Cc1ccccc1)COC(C)=O. The maximum absolute atomic E-state index is 10.7. The van der Waals surface area contributed by atoms with E-state index in [4.69, 9.17) is 4.74 Å². The van der Waals surface area contributed by atoms with Gasteiger partial charge in [0.1, 0.15) is 6.61 Å². The average Bonchev–Trinajstić information content (AvgIpc) is 2.25. The standard InChI is InChI=1S/C13H16O2/c1-3-12(10-15-11(2)14)9-13-7-5-4-6-8-13/h4-9H,3,10H2,1-2H3. The van der Waals surface area contributed by atoms with E-state index in [0.29, 0.717) is 6.61 Å². The molecule has 15 heavy (non-hydrogen) atoms. The van der Waals surface area contributed by atoms with E-state index in [0.717, 1.165) is 17.6 Å². The second kappa shape index (κ2) is 6.02. The lowest BCUT2D eigenvalue weighted by Crippen LogP contribution is -2.02. The molecule has 0 fully saturated rings. The van der Waals surface area contributed by atoms with Crippen molar-refractivity contribution in [3.63, 3.8) is 0 Å². The Labute approximate surface area is 90.6 Å². The Morgan fingerprint density at radius 3 is 2.53 bits per heavy atom. The lowest BCUT2D eigenvalue weighted by molar-refractivity contribution is -0.139. The van der Waals surface area contributed by atoms with Crippen LogP contribution >= 0.6 is 0 Å². The fraction of sp³-hybridized carbons (Fsp3) is 0.308. The van der Waals surface area contributed by atoms with E-state index in [-0.39, 0.29) is 5.97 Å². The minimum absolute atomic E-state index is 0.234. The Morgan fingerprint density at radius 1 is 1.33 bits per heavy atom. The molecule has 1 aromatic carbocycles. The van der Waals surface area contributed by atoms with E-state index >= 15 is 0 Å². The summed E-state index contributed by atoms with van der Waals surface area (Å²) in [4.78, 5) is 10.7. The Hall–Kier alpha value is -1.57. The van der Waals surface area contributed by atoms with Crippen molar-refractivity contribution in [1.82, 2.24) is 0 Å². The lowest BCUT2D eigenvalue weighted by atomic mass is 10.1. The third-order valence-electron chi connectivity index (χ3n) is 2.09. The van der Waals surface area contributed by atoms with Gasteiger partial charge in [0.2, 0.25) is 0 Å². The van der Waals surface area contributed by atoms with Gasteiger partial charge in [-0.25, -0.2) is 0 Å². The molecule has 0 atom stereocenters. The zero-order valence-corrected chi connectivity index (χ0v) is 9.19. The normalized spacial score (nSPS) is 11.2. The number of carbonyl (C=O) groups is 1. The van der Waals surface area contributed by atoms with Crippen LogP contribution in [-0.2, 0) is 9.53 Å². The minimum Gasteiger partial charge on any atom is -0.461 e. The summed E-state index contributed by atoms with van der Waals surface area (Å²) in [6.45, 7) is 3.87. The number of hydrogen-bond acceptors (Lipinski definition) is 2. The molecule has 0 radical (unpaired) electrons. The van der Waals surface area contributed by atoms with Crippen molar-refractivity contribution < 1.29 is 9.53 Å². The maximum Gasteiger partial charge on any atom is 0.302 e. The Balaban J connectivity index is 2.65. The van der Waals surface area contributed by atoms with Gasteiger partial charge in [0.05, 0.1) is 0 Å². The molecule has 80 valence electrons. The molecule has 1 rings (SSSR count). The highest BCUT2D eigenvalue weighted by atomic mass is 16.5. The van der Waals surface area contributed by atoms with Crippen molar-refractivity contribution in [1.29, 1.82) is 0 Å². The molecule has 1 aromatic rings. The molecule has 0 amide bonds. The third-order valence-corrected chi connectivity index (χ3v) is 2.09. The molecule has 0 heterocycles. The van der Waals surface area contributed by atoms with Gasteiger partial charge in [-0.15, -0.1) is 0 Å². The third kappa shape index (κ3) is 4.45. The molecule has 0 aliphatic rings. The number of esters is 1. The van der Waals surface area contributed by atoms with Gasteiger partial charge in [-0.3, -0.25) is 4.79 Å². The average molecular weight is 204 g/mol. The molecule has 0 aromatic heterocycles. The van der Waals surface area contributed by atoms with E-state index < -0.39 is 0 Å². The van der Waals surface area contributed by atoms with Crippen LogP contribution in [0.25, 0.3) is 6.08 Å². The maximum atomic E-state index is 10.7. The zero-order chi connectivity index (χ0) is 11.1. The van der Waals surface area contributed by atoms with Crippen molar-refractivity contribution in [3.8, 4) is 0 Å². The summed E-state index contributed by atoms with van der Waals surface area (Å²) in [7, 11) is 0. The predicted molar refractivity (Wildman–Crippen MR) is 61.3 cm³/mol. The first-order valence-corrected chi connectivity index (χ1v) is 5.10. The number of carbonyl (C=O) groups excluding carboxylic acids is 1. The van der Waals surface area contributed by atoms with Gasteiger partial charge in [-0.1, -0.05) is 43.3 Å². The fourth-order valence-corrected chi connectivity index (χ4v) is 1.23. The van der Waals surface area contributed by atoms with Crippen LogP contribution in [-0.4, -0.2) is 12.6 Å². The van der Waals surface area contributed by atoms with Gasteiger partial charge in [0.25, 0.3) is 0 Å². The van der Waals surface area contributed by atoms with Gasteiger partial charge < -0.3 is 4.74 Å². The van der Waals surface area contributed by atoms with E-state index in [1.807, 2.05) is 30.3 Å². The van der Waals surface area contributed by atoms with Crippen molar-refractivity contribution in [3.05, 3.63) is 41.5 Å². The van der Waals surface area contributed by atoms with Crippen LogP contribution in [0.5, 0.6) is 0 Å². The van der Waals surface area contributed by atoms with Gasteiger partial charge in [-0.2, -0.15) is 0 Å². The topological polar surface area (TPSA) is 26.3 Å². The monoisotopic (exact) mass is 204 g/mol. The molecule has 2 heteroatoms. The van der Waals surface area contributed by atoms with Crippen molar-refractivity contribution in [2.24, 2.45) is 0 Å². The Bertz CT molecular complexity index is 339. The first kappa shape index (κ1) is 11.5. The molecular weight excluding hydrogens is 188 g/mol. The van der Waals surface area contributed by atoms with E-state index in [1.54, 1.807) is 0 Å². The summed E-state index contributed by atoms with van der Waals surface area (Å²) in [6.07, 6.45) is 2.95. The highest BCUT2D eigenvalue weighted by Crippen LogP contribution is 2.09. The summed E-state index contributed by atoms with van der Waals surface area (Å²) in [5.74, 6) is -0.234. The summed E-state index contributed by atoms with van der Waals surface area (Å²) in [6, 6.07) is 10.0. The van der Waals surface area contributed by atoms with Crippen molar-refractivity contribution >= 4 is 12.0 Å². The molecular formula is C13H16O2. The smallest absolute Gasteiger partial charge is 0.302 e. The van der Waals surface area contributed by atoms with E-state index in [2.05, 4.69) is 13.0 Å². The second-order valence-electron chi connectivity index (χ2n) is 3.35. The van der Waals surface area contributed by atoms with Crippen LogP contribution in [0.4, 0.5) is 0 Å². The molecule has 0 saturated carbocycles. The summed E-state index contributed by atoms with van der Waals surface area (Å²) in [5, 5.41) is 0. The molecule has 0 aliphatic carbocycles. The van der Waals surface area contributed by atoms with Crippen LogP contribution in [0, 0.1) is 0 Å². The largest absolute Gasteiger partial charge is 0.461 e. The number of benzene rings is 1. The number of hydrogen-bond donors (Lipinski definition) is 0. The van der Waals surface area contributed by atoms with Gasteiger partial charge in [-0.05, 0) is 17.6 Å². The molecule has 0 saturated heterocycles. The summed E-state index contributed by atoms with van der Waals surface area (Å²) in [5.41, 5.74) is 2.26. The van der Waals surface area contributed by atoms with Crippen LogP contribution in [0.3, 0.4) is 0 Å². The summed E-state index contributed by atoms with van der Waals surface area (Å²) < 4.78 is 4.96. The fourth-order valence-electron chi connectivity index (χ4n) is 1.23. The lowest BCUT2D eigenvalue weighted by Gasteiger charge is -2.05. The Kier molecular flexibility index (Phi) is 4.61. The van der Waals surface area contributed by atoms with E-state index in [9.17, 15) is 4.79 Å². The molecule has 0 spiro atoms. The highest BCUT2D eigenvalue weighted by Gasteiger charge is 1.98. The van der Waals surface area contributed by atoms with Crippen LogP contribution in [0.1, 0.15) is 25.8 Å².